The molecule has 0 amide bonds. The van der Waals surface area contributed by atoms with Gasteiger partial charge in [-0.2, -0.15) is 0 Å². The van der Waals surface area contributed by atoms with Crippen molar-refractivity contribution in [2.45, 2.75) is 19.0 Å². The van der Waals surface area contributed by atoms with Crippen LogP contribution in [0.5, 0.6) is 0 Å². The fraction of sp³-hybridized carbons (Fsp3) is 0.750. The van der Waals surface area contributed by atoms with Gasteiger partial charge in [-0.3, -0.25) is 0 Å². The highest BCUT2D eigenvalue weighted by molar-refractivity contribution is 6.82. The van der Waals surface area contributed by atoms with Crippen LogP contribution in [0, 0.1) is 0 Å². The quantitative estimate of drug-likeness (QED) is 0.426. The van der Waals surface area contributed by atoms with E-state index in [9.17, 15) is 5.02 Å². The van der Waals surface area contributed by atoms with Crippen molar-refractivity contribution in [2.75, 3.05) is 19.6 Å². The van der Waals surface area contributed by atoms with Gasteiger partial charge in [0.05, 0.1) is 6.26 Å². The van der Waals surface area contributed by atoms with Gasteiger partial charge >= 0.3 is 7.32 Å². The molecule has 1 aliphatic rings. The maximum absolute atomic E-state index is 9.19. The summed E-state index contributed by atoms with van der Waals surface area (Å²) in [6.07, 6.45) is 2.53. The van der Waals surface area contributed by atoms with E-state index < -0.39 is 15.6 Å². The van der Waals surface area contributed by atoms with Crippen LogP contribution in [0.2, 0.25) is 12.6 Å². The van der Waals surface area contributed by atoms with Gasteiger partial charge in [0, 0.05) is 0 Å². The largest absolute Gasteiger partial charge is 0.699 e. The first-order valence-electron chi connectivity index (χ1n) is 5.26. The Hall–Kier alpha value is -0.338. The number of hydrogen-bond donors (Lipinski definition) is 3. The fourth-order valence-electron chi connectivity index (χ4n) is 1.38. The van der Waals surface area contributed by atoms with Gasteiger partial charge in [-0.1, -0.05) is 0 Å². The summed E-state index contributed by atoms with van der Waals surface area (Å²) in [6.45, 7) is 4.59. The third kappa shape index (κ3) is 4.81. The lowest BCUT2D eigenvalue weighted by Crippen LogP contribution is -2.45. The molecule has 0 saturated heterocycles. The molecule has 1 atom stereocenters. The lowest BCUT2D eigenvalue weighted by atomic mass is 10.3. The van der Waals surface area contributed by atoms with Crippen LogP contribution in [0.25, 0.3) is 0 Å². The minimum absolute atomic E-state index is 0.713. The van der Waals surface area contributed by atoms with Crippen LogP contribution in [0.3, 0.4) is 0 Å². The van der Waals surface area contributed by atoms with Gasteiger partial charge in [-0.15, -0.1) is 0 Å². The van der Waals surface area contributed by atoms with E-state index in [0.29, 0.717) is 6.54 Å². The van der Waals surface area contributed by atoms with E-state index in [-0.39, 0.29) is 0 Å². The van der Waals surface area contributed by atoms with Crippen LogP contribution in [0.1, 0.15) is 6.42 Å². The fourth-order valence-corrected chi connectivity index (χ4v) is 3.30. The third-order valence-corrected chi connectivity index (χ3v) is 5.17. The molecular weight excluding hydrogens is 211 g/mol. The second-order valence-electron chi connectivity index (χ2n) is 3.82. The van der Waals surface area contributed by atoms with Crippen molar-refractivity contribution in [3.63, 3.8) is 0 Å². The summed E-state index contributed by atoms with van der Waals surface area (Å²) in [5.41, 5.74) is 7.33. The van der Waals surface area contributed by atoms with Crippen LogP contribution in [-0.4, -0.2) is 40.3 Å². The second-order valence-corrected chi connectivity index (χ2v) is 7.51. The summed E-state index contributed by atoms with van der Waals surface area (Å²) in [7, 11) is -3.00. The topological polar surface area (TPSA) is 76.7 Å². The molecule has 0 bridgehead atoms. The third-order valence-electron chi connectivity index (χ3n) is 2.34. The molecular formula is C8H19BN2O3Si. The van der Waals surface area contributed by atoms with E-state index in [1.165, 1.54) is 0 Å². The predicted octanol–water partition coefficient (Wildman–Crippen LogP) is -0.423. The maximum atomic E-state index is 9.19. The first-order chi connectivity index (χ1) is 7.16. The van der Waals surface area contributed by atoms with Crippen molar-refractivity contribution in [2.24, 2.45) is 5.73 Å². The lowest BCUT2D eigenvalue weighted by Gasteiger charge is -2.28. The number of rotatable bonds is 6. The van der Waals surface area contributed by atoms with Crippen molar-refractivity contribution in [3.05, 3.63) is 12.0 Å². The summed E-state index contributed by atoms with van der Waals surface area (Å²) < 4.78 is 10.2. The zero-order valence-electron chi connectivity index (χ0n) is 9.11. The van der Waals surface area contributed by atoms with E-state index in [1.807, 2.05) is 5.70 Å². The number of nitrogens with one attached hydrogen (secondary N) is 1. The van der Waals surface area contributed by atoms with Crippen molar-refractivity contribution in [3.8, 4) is 0 Å². The molecule has 0 spiro atoms. The summed E-state index contributed by atoms with van der Waals surface area (Å²) in [6, 6.07) is 0.925. The van der Waals surface area contributed by atoms with E-state index in [2.05, 4.69) is 11.9 Å². The highest BCUT2D eigenvalue weighted by Gasteiger charge is 2.36. The standard InChI is InChI=1S/C8H19BN2O3Si/c1-15(7-5-11-4-2-3-10)8-6-13-9(12)14-15/h6,8,11-12H,2-5,7,10H2,1H3. The van der Waals surface area contributed by atoms with Crippen molar-refractivity contribution >= 4 is 15.6 Å². The van der Waals surface area contributed by atoms with Gasteiger partial charge < -0.3 is 25.1 Å². The Morgan fingerprint density at radius 1 is 1.53 bits per heavy atom. The van der Waals surface area contributed by atoms with Crippen LogP contribution in [0.15, 0.2) is 12.0 Å². The first kappa shape index (κ1) is 12.7. The van der Waals surface area contributed by atoms with E-state index >= 15 is 0 Å². The van der Waals surface area contributed by atoms with Gasteiger partial charge in [0.15, 0.2) is 0 Å². The molecule has 0 fully saturated rings. The molecule has 0 aromatic carbocycles. The molecule has 4 N–H and O–H groups in total. The van der Waals surface area contributed by atoms with Gasteiger partial charge in [-0.05, 0) is 44.3 Å². The SMILES string of the molecule is C[Si]1(CCNCCCN)C=COB(O)O1. The van der Waals surface area contributed by atoms with Crippen LogP contribution >= 0.6 is 0 Å². The highest BCUT2D eigenvalue weighted by Crippen LogP contribution is 2.17. The molecule has 0 radical (unpaired) electrons. The zero-order chi connectivity index (χ0) is 11.1. The maximum Gasteiger partial charge on any atom is 0.699 e. The Labute approximate surface area is 91.9 Å². The van der Waals surface area contributed by atoms with Crippen LogP contribution < -0.4 is 11.1 Å². The normalized spacial score (nSPS) is 25.4. The molecule has 1 aliphatic heterocycles. The average Bonchev–Trinajstić information content (AvgIpc) is 2.17. The Balaban J connectivity index is 2.19. The van der Waals surface area contributed by atoms with Crippen LogP contribution in [0.4, 0.5) is 0 Å². The first-order valence-corrected chi connectivity index (χ1v) is 7.95. The van der Waals surface area contributed by atoms with Gasteiger partial charge in [0.25, 0.3) is 0 Å². The van der Waals surface area contributed by atoms with E-state index in [4.69, 9.17) is 14.7 Å². The lowest BCUT2D eigenvalue weighted by molar-refractivity contribution is 0.254. The average molecular weight is 230 g/mol. The molecule has 15 heavy (non-hydrogen) atoms. The Kier molecular flexibility index (Phi) is 5.34. The molecule has 1 unspecified atom stereocenters. The summed E-state index contributed by atoms with van der Waals surface area (Å²) in [5.74, 6) is 0. The second kappa shape index (κ2) is 6.29. The smallest absolute Gasteiger partial charge is 0.519 e. The molecule has 5 nitrogen and oxygen atoms in total. The monoisotopic (exact) mass is 230 g/mol. The zero-order valence-corrected chi connectivity index (χ0v) is 10.1. The molecule has 0 aromatic heterocycles. The Bertz CT molecular complexity index is 220. The highest BCUT2D eigenvalue weighted by atomic mass is 28.4. The van der Waals surface area contributed by atoms with Crippen molar-refractivity contribution in [1.82, 2.24) is 5.32 Å². The Morgan fingerprint density at radius 2 is 2.33 bits per heavy atom. The van der Waals surface area contributed by atoms with E-state index in [0.717, 1.165) is 25.6 Å². The molecule has 0 saturated carbocycles. The van der Waals surface area contributed by atoms with Gasteiger partial charge in [-0.25, -0.2) is 0 Å². The van der Waals surface area contributed by atoms with Gasteiger partial charge in [0.2, 0.25) is 8.32 Å². The molecule has 0 aromatic rings. The summed E-state index contributed by atoms with van der Waals surface area (Å²) in [4.78, 5) is 0. The summed E-state index contributed by atoms with van der Waals surface area (Å²) >= 11 is 0. The van der Waals surface area contributed by atoms with Crippen LogP contribution in [-0.2, 0) is 9.00 Å². The minimum atomic E-state index is -1.91. The van der Waals surface area contributed by atoms with Crippen molar-refractivity contribution in [1.29, 1.82) is 0 Å². The molecule has 7 heteroatoms. The van der Waals surface area contributed by atoms with E-state index in [1.54, 1.807) is 6.26 Å². The molecule has 1 rings (SSSR count). The van der Waals surface area contributed by atoms with Crippen molar-refractivity contribution < 1.29 is 14.0 Å². The van der Waals surface area contributed by atoms with Gasteiger partial charge in [0.1, 0.15) is 0 Å². The minimum Gasteiger partial charge on any atom is -0.519 e. The summed E-state index contributed by atoms with van der Waals surface area (Å²) in [5, 5.41) is 12.5. The Morgan fingerprint density at radius 3 is 3.00 bits per heavy atom. The predicted molar refractivity (Wildman–Crippen MR) is 62.2 cm³/mol. The number of nitrogens with two attached hydrogens (primary N) is 1. The number of hydrogen-bond acceptors (Lipinski definition) is 5. The molecule has 86 valence electrons. The molecule has 0 aliphatic carbocycles. The molecule has 1 heterocycles.